The van der Waals surface area contributed by atoms with Gasteiger partial charge in [-0.2, -0.15) is 0 Å². The van der Waals surface area contributed by atoms with Crippen LogP contribution in [0.5, 0.6) is 0 Å². The predicted octanol–water partition coefficient (Wildman–Crippen LogP) is 4.57. The van der Waals surface area contributed by atoms with Crippen molar-refractivity contribution in [3.63, 3.8) is 0 Å². The summed E-state index contributed by atoms with van der Waals surface area (Å²) in [5.41, 5.74) is 3.38. The average molecular weight is 418 g/mol. The number of carbonyl (C=O) groups excluding carboxylic acids is 1. The van der Waals surface area contributed by atoms with E-state index in [1.807, 2.05) is 30.3 Å². The van der Waals surface area contributed by atoms with Crippen LogP contribution in [-0.2, 0) is 11.3 Å². The quantitative estimate of drug-likeness (QED) is 0.411. The molecule has 0 aliphatic rings. The third-order valence-electron chi connectivity index (χ3n) is 4.84. The number of benzene rings is 1. The third kappa shape index (κ3) is 4.63. The Balaban J connectivity index is 1.38. The number of fused-ring (bicyclic) bond motifs is 1. The topological polar surface area (TPSA) is 79.8 Å². The number of anilines is 1. The number of rotatable bonds is 8. The predicted molar refractivity (Wildman–Crippen MR) is 121 cm³/mol. The standard InChI is InChI=1S/C23H23N5OS/c1-16-20(18-6-3-2-4-7-18)21-22(27-15-28-23(21)30-16)25-11-5-8-19(29)26-14-17-9-12-24-13-10-17/h2-4,6-7,9-10,12-13,15H,5,8,11,14H2,1H3,(H,26,29)(H,25,27,28). The molecule has 0 radical (unpaired) electrons. The summed E-state index contributed by atoms with van der Waals surface area (Å²) >= 11 is 1.68. The molecule has 0 fully saturated rings. The van der Waals surface area contributed by atoms with Gasteiger partial charge >= 0.3 is 0 Å². The highest BCUT2D eigenvalue weighted by atomic mass is 32.1. The Kier molecular flexibility index (Phi) is 6.29. The van der Waals surface area contributed by atoms with Crippen LogP contribution in [-0.4, -0.2) is 27.4 Å². The van der Waals surface area contributed by atoms with E-state index in [4.69, 9.17) is 0 Å². The molecule has 30 heavy (non-hydrogen) atoms. The summed E-state index contributed by atoms with van der Waals surface area (Å²) < 4.78 is 0. The number of aryl methyl sites for hydroxylation is 1. The van der Waals surface area contributed by atoms with Gasteiger partial charge in [0, 0.05) is 42.3 Å². The van der Waals surface area contributed by atoms with Crippen molar-refractivity contribution in [2.75, 3.05) is 11.9 Å². The largest absolute Gasteiger partial charge is 0.369 e. The highest BCUT2D eigenvalue weighted by molar-refractivity contribution is 7.19. The molecule has 1 aromatic carbocycles. The minimum Gasteiger partial charge on any atom is -0.369 e. The smallest absolute Gasteiger partial charge is 0.220 e. The van der Waals surface area contributed by atoms with E-state index in [0.29, 0.717) is 19.5 Å². The number of nitrogens with zero attached hydrogens (tertiary/aromatic N) is 3. The van der Waals surface area contributed by atoms with E-state index < -0.39 is 0 Å². The monoisotopic (exact) mass is 417 g/mol. The molecule has 4 rings (SSSR count). The maximum Gasteiger partial charge on any atom is 0.220 e. The zero-order valence-electron chi connectivity index (χ0n) is 16.8. The molecule has 3 aromatic heterocycles. The van der Waals surface area contributed by atoms with Gasteiger partial charge in [0.05, 0.1) is 5.39 Å². The summed E-state index contributed by atoms with van der Waals surface area (Å²) in [6.07, 6.45) is 6.22. The van der Waals surface area contributed by atoms with Crippen molar-refractivity contribution in [1.29, 1.82) is 0 Å². The normalized spacial score (nSPS) is 10.8. The van der Waals surface area contributed by atoms with E-state index in [-0.39, 0.29) is 5.91 Å². The molecular formula is C23H23N5OS. The molecule has 7 heteroatoms. The first-order chi connectivity index (χ1) is 14.7. The lowest BCUT2D eigenvalue weighted by Gasteiger charge is -2.09. The number of hydrogen-bond donors (Lipinski definition) is 2. The molecule has 0 spiro atoms. The second kappa shape index (κ2) is 9.45. The van der Waals surface area contributed by atoms with E-state index in [1.165, 1.54) is 10.4 Å². The molecule has 0 saturated carbocycles. The van der Waals surface area contributed by atoms with Crippen LogP contribution >= 0.6 is 11.3 Å². The van der Waals surface area contributed by atoms with Crippen molar-refractivity contribution in [1.82, 2.24) is 20.3 Å². The van der Waals surface area contributed by atoms with E-state index in [1.54, 1.807) is 30.1 Å². The van der Waals surface area contributed by atoms with Crippen LogP contribution in [0, 0.1) is 6.92 Å². The Morgan fingerprint density at radius 1 is 1.07 bits per heavy atom. The van der Waals surface area contributed by atoms with Crippen molar-refractivity contribution in [3.05, 3.63) is 71.6 Å². The maximum atomic E-state index is 12.1. The van der Waals surface area contributed by atoms with Crippen LogP contribution in [0.4, 0.5) is 5.82 Å². The van der Waals surface area contributed by atoms with E-state index in [0.717, 1.165) is 33.6 Å². The number of pyridine rings is 1. The zero-order valence-corrected chi connectivity index (χ0v) is 17.6. The third-order valence-corrected chi connectivity index (χ3v) is 5.85. The molecular weight excluding hydrogens is 394 g/mol. The summed E-state index contributed by atoms with van der Waals surface area (Å²) in [5, 5.41) is 7.40. The molecule has 0 atom stereocenters. The van der Waals surface area contributed by atoms with Gasteiger partial charge in [-0.1, -0.05) is 30.3 Å². The first kappa shape index (κ1) is 20.0. The number of thiophene rings is 1. The van der Waals surface area contributed by atoms with Crippen molar-refractivity contribution >= 4 is 33.3 Å². The van der Waals surface area contributed by atoms with E-state index in [2.05, 4.69) is 44.6 Å². The first-order valence-electron chi connectivity index (χ1n) is 9.91. The number of amides is 1. The highest BCUT2D eigenvalue weighted by Crippen LogP contribution is 2.40. The lowest BCUT2D eigenvalue weighted by molar-refractivity contribution is -0.121. The van der Waals surface area contributed by atoms with Crippen LogP contribution in [0.15, 0.2) is 61.2 Å². The van der Waals surface area contributed by atoms with Gasteiger partial charge in [0.15, 0.2) is 0 Å². The van der Waals surface area contributed by atoms with Gasteiger partial charge in [-0.05, 0) is 36.6 Å². The fourth-order valence-corrected chi connectivity index (χ4v) is 4.39. The minimum absolute atomic E-state index is 0.0396. The fourth-order valence-electron chi connectivity index (χ4n) is 3.38. The molecule has 4 aromatic rings. The van der Waals surface area contributed by atoms with Crippen molar-refractivity contribution in [2.24, 2.45) is 0 Å². The Morgan fingerprint density at radius 3 is 2.67 bits per heavy atom. The van der Waals surface area contributed by atoms with Crippen molar-refractivity contribution in [2.45, 2.75) is 26.3 Å². The van der Waals surface area contributed by atoms with Crippen LogP contribution in [0.25, 0.3) is 21.3 Å². The second-order valence-corrected chi connectivity index (χ2v) is 8.17. The van der Waals surface area contributed by atoms with E-state index in [9.17, 15) is 4.79 Å². The zero-order chi connectivity index (χ0) is 20.8. The molecule has 3 heterocycles. The maximum absolute atomic E-state index is 12.1. The van der Waals surface area contributed by atoms with Gasteiger partial charge in [0.25, 0.3) is 0 Å². The first-order valence-corrected chi connectivity index (χ1v) is 10.7. The van der Waals surface area contributed by atoms with Crippen molar-refractivity contribution < 1.29 is 4.79 Å². The Hall–Kier alpha value is -3.32. The summed E-state index contributed by atoms with van der Waals surface area (Å²) in [5.74, 6) is 0.859. The molecule has 0 bridgehead atoms. The lowest BCUT2D eigenvalue weighted by atomic mass is 10.0. The molecule has 2 N–H and O–H groups in total. The lowest BCUT2D eigenvalue weighted by Crippen LogP contribution is -2.23. The van der Waals surface area contributed by atoms with Gasteiger partial charge in [0.1, 0.15) is 17.0 Å². The van der Waals surface area contributed by atoms with Gasteiger partial charge in [-0.15, -0.1) is 11.3 Å². The molecule has 0 unspecified atom stereocenters. The SMILES string of the molecule is Cc1sc2ncnc(NCCCC(=O)NCc3ccncc3)c2c1-c1ccccc1. The van der Waals surface area contributed by atoms with Crippen molar-refractivity contribution in [3.8, 4) is 11.1 Å². The average Bonchev–Trinajstić information content (AvgIpc) is 3.13. The molecule has 1 amide bonds. The van der Waals surface area contributed by atoms with Crippen LogP contribution in [0.1, 0.15) is 23.3 Å². The Bertz CT molecular complexity index is 1130. The summed E-state index contributed by atoms with van der Waals surface area (Å²) in [4.78, 5) is 27.2. The molecule has 0 saturated heterocycles. The molecule has 152 valence electrons. The number of nitrogens with one attached hydrogen (secondary N) is 2. The second-order valence-electron chi connectivity index (χ2n) is 6.96. The van der Waals surface area contributed by atoms with Gasteiger partial charge < -0.3 is 10.6 Å². The van der Waals surface area contributed by atoms with E-state index >= 15 is 0 Å². The fraction of sp³-hybridized carbons (Fsp3) is 0.217. The summed E-state index contributed by atoms with van der Waals surface area (Å²) in [7, 11) is 0. The van der Waals surface area contributed by atoms with Gasteiger partial charge in [-0.25, -0.2) is 9.97 Å². The summed E-state index contributed by atoms with van der Waals surface area (Å²) in [6.45, 7) is 3.31. The Morgan fingerprint density at radius 2 is 1.87 bits per heavy atom. The van der Waals surface area contributed by atoms with Gasteiger partial charge in [-0.3, -0.25) is 9.78 Å². The van der Waals surface area contributed by atoms with Crippen LogP contribution < -0.4 is 10.6 Å². The highest BCUT2D eigenvalue weighted by Gasteiger charge is 2.16. The Labute approximate surface area is 179 Å². The number of carbonyl (C=O) groups is 1. The minimum atomic E-state index is 0.0396. The van der Waals surface area contributed by atoms with Gasteiger partial charge in [0.2, 0.25) is 5.91 Å². The molecule has 0 aliphatic carbocycles. The molecule has 6 nitrogen and oxygen atoms in total. The number of aromatic nitrogens is 3. The number of hydrogen-bond acceptors (Lipinski definition) is 6. The molecule has 0 aliphatic heterocycles. The van der Waals surface area contributed by atoms with Crippen LogP contribution in [0.2, 0.25) is 0 Å². The van der Waals surface area contributed by atoms with Crippen LogP contribution in [0.3, 0.4) is 0 Å². The summed E-state index contributed by atoms with van der Waals surface area (Å²) in [6, 6.07) is 14.1.